The number of hydrogen-bond donors (Lipinski definition) is 0. The molecule has 0 saturated carbocycles. The largest absolute Gasteiger partial charge is 0.457 e. The van der Waals surface area contributed by atoms with Crippen molar-refractivity contribution in [3.8, 4) is 5.75 Å². The number of fused-ring (bicyclic) bond motifs is 1. The van der Waals surface area contributed by atoms with Gasteiger partial charge in [0.2, 0.25) is 0 Å². The number of halogens is 2. The quantitative estimate of drug-likeness (QED) is 0.752. The first-order valence-electron chi connectivity index (χ1n) is 6.77. The van der Waals surface area contributed by atoms with Crippen LogP contribution in [0, 0.1) is 0 Å². The zero-order chi connectivity index (χ0) is 14.9. The van der Waals surface area contributed by atoms with Crippen molar-refractivity contribution in [1.29, 1.82) is 0 Å². The molecule has 0 N–H and O–H groups in total. The fourth-order valence-corrected chi connectivity index (χ4v) is 2.24. The van der Waals surface area contributed by atoms with Crippen molar-refractivity contribution in [3.05, 3.63) is 42.0 Å². The smallest absolute Gasteiger partial charge is 0.268 e. The zero-order valence-corrected chi connectivity index (χ0v) is 12.3. The highest BCUT2D eigenvalue weighted by atomic mass is 19.2. The van der Waals surface area contributed by atoms with Gasteiger partial charge < -0.3 is 4.74 Å². The van der Waals surface area contributed by atoms with Gasteiger partial charge in [-0.25, -0.2) is 4.39 Å². The first-order valence-corrected chi connectivity index (χ1v) is 6.77. The van der Waals surface area contributed by atoms with Crippen molar-refractivity contribution in [1.82, 2.24) is 0 Å². The minimum absolute atomic E-state index is 0.0272. The van der Waals surface area contributed by atoms with Crippen LogP contribution in [0.5, 0.6) is 5.75 Å². The maximum atomic E-state index is 13.5. The van der Waals surface area contributed by atoms with E-state index in [1.807, 2.05) is 30.3 Å². The van der Waals surface area contributed by atoms with E-state index in [-0.39, 0.29) is 5.41 Å². The molecule has 3 heteroatoms. The number of hydrogen-bond acceptors (Lipinski definition) is 1. The lowest BCUT2D eigenvalue weighted by Gasteiger charge is -2.23. The van der Waals surface area contributed by atoms with Crippen LogP contribution in [0.4, 0.5) is 8.78 Å². The van der Waals surface area contributed by atoms with Gasteiger partial charge in [0, 0.05) is 5.39 Å². The van der Waals surface area contributed by atoms with Crippen molar-refractivity contribution in [2.45, 2.75) is 45.6 Å². The van der Waals surface area contributed by atoms with Crippen LogP contribution in [0.1, 0.15) is 33.3 Å². The van der Waals surface area contributed by atoms with Crippen LogP contribution in [0.3, 0.4) is 0 Å². The highest BCUT2D eigenvalue weighted by molar-refractivity contribution is 5.91. The van der Waals surface area contributed by atoms with Crippen LogP contribution in [-0.2, 0) is 5.41 Å². The lowest BCUT2D eigenvalue weighted by Crippen LogP contribution is -2.21. The summed E-state index contributed by atoms with van der Waals surface area (Å²) >= 11 is 0. The fraction of sp³-hybridized carbons (Fsp3) is 0.412. The molecule has 0 saturated heterocycles. The van der Waals surface area contributed by atoms with Gasteiger partial charge in [-0.1, -0.05) is 51.1 Å². The Morgan fingerprint density at radius 2 is 1.55 bits per heavy atom. The summed E-state index contributed by atoms with van der Waals surface area (Å²) in [6.45, 7) is 7.51. The van der Waals surface area contributed by atoms with Crippen molar-refractivity contribution in [3.63, 3.8) is 0 Å². The van der Waals surface area contributed by atoms with E-state index in [0.29, 0.717) is 5.75 Å². The third-order valence-corrected chi connectivity index (χ3v) is 3.29. The lowest BCUT2D eigenvalue weighted by atomic mass is 9.83. The highest BCUT2D eigenvalue weighted by Gasteiger charge is 2.21. The second kappa shape index (κ2) is 5.39. The second-order valence-electron chi connectivity index (χ2n) is 6.05. The Labute approximate surface area is 118 Å². The minimum atomic E-state index is -1.95. The van der Waals surface area contributed by atoms with Crippen molar-refractivity contribution in [2.24, 2.45) is 0 Å². The Morgan fingerprint density at radius 3 is 2.10 bits per heavy atom. The van der Waals surface area contributed by atoms with Gasteiger partial charge >= 0.3 is 0 Å². The molecule has 108 valence electrons. The molecule has 0 aliphatic carbocycles. The molecule has 0 spiro atoms. The molecule has 2 unspecified atom stereocenters. The summed E-state index contributed by atoms with van der Waals surface area (Å²) in [5.41, 5.74) is 1.13. The Kier molecular flexibility index (Phi) is 3.98. The van der Waals surface area contributed by atoms with E-state index in [4.69, 9.17) is 4.74 Å². The zero-order valence-electron chi connectivity index (χ0n) is 12.3. The van der Waals surface area contributed by atoms with Crippen molar-refractivity contribution >= 4 is 10.8 Å². The molecule has 0 heterocycles. The van der Waals surface area contributed by atoms with Crippen molar-refractivity contribution in [2.75, 3.05) is 0 Å². The van der Waals surface area contributed by atoms with Crippen LogP contribution < -0.4 is 4.74 Å². The standard InChI is InChI=1S/C17H20F2O/c1-11(18)16(19)20-15-10-9-14(17(2,3)4)12-7-5-6-8-13(12)15/h5-11,16H,1-4H3. The molecule has 0 radical (unpaired) electrons. The summed E-state index contributed by atoms with van der Waals surface area (Å²) in [5.74, 6) is 0.380. The summed E-state index contributed by atoms with van der Waals surface area (Å²) in [7, 11) is 0. The number of alkyl halides is 2. The average Bonchev–Trinajstić information content (AvgIpc) is 2.37. The van der Waals surface area contributed by atoms with Gasteiger partial charge in [-0.2, -0.15) is 4.39 Å². The van der Waals surface area contributed by atoms with Crippen LogP contribution in [-0.4, -0.2) is 12.5 Å². The monoisotopic (exact) mass is 278 g/mol. The third-order valence-electron chi connectivity index (χ3n) is 3.29. The van der Waals surface area contributed by atoms with Gasteiger partial charge in [0.1, 0.15) is 5.75 Å². The highest BCUT2D eigenvalue weighted by Crippen LogP contribution is 2.35. The molecule has 0 aliphatic rings. The van der Waals surface area contributed by atoms with Crippen LogP contribution in [0.25, 0.3) is 10.8 Å². The predicted molar refractivity (Wildman–Crippen MR) is 78.7 cm³/mol. The average molecular weight is 278 g/mol. The Balaban J connectivity index is 2.55. The molecule has 2 atom stereocenters. The second-order valence-corrected chi connectivity index (χ2v) is 6.05. The van der Waals surface area contributed by atoms with Gasteiger partial charge in [0.15, 0.2) is 6.17 Å². The van der Waals surface area contributed by atoms with Crippen LogP contribution in [0.2, 0.25) is 0 Å². The molecule has 1 nitrogen and oxygen atoms in total. The normalized spacial score (nSPS) is 15.1. The number of benzene rings is 2. The predicted octanol–water partition coefficient (Wildman–Crippen LogP) is 5.17. The molecule has 0 amide bonds. The van der Waals surface area contributed by atoms with E-state index in [1.165, 1.54) is 0 Å². The Morgan fingerprint density at radius 1 is 0.950 bits per heavy atom. The SMILES string of the molecule is CC(F)C(F)Oc1ccc(C(C)(C)C)c2ccccc12. The molecule has 0 fully saturated rings. The molecular formula is C17H20F2O. The van der Waals surface area contributed by atoms with E-state index in [9.17, 15) is 8.78 Å². The van der Waals surface area contributed by atoms with E-state index in [0.717, 1.165) is 23.3 Å². The van der Waals surface area contributed by atoms with Gasteiger partial charge in [-0.15, -0.1) is 0 Å². The molecule has 0 aromatic heterocycles. The first-order chi connectivity index (χ1) is 9.30. The molecule has 2 aromatic carbocycles. The molecule has 2 aromatic rings. The lowest BCUT2D eigenvalue weighted by molar-refractivity contribution is 0.00329. The molecule has 2 rings (SSSR count). The van der Waals surface area contributed by atoms with Gasteiger partial charge in [-0.3, -0.25) is 0 Å². The van der Waals surface area contributed by atoms with Crippen molar-refractivity contribution < 1.29 is 13.5 Å². The molecule has 20 heavy (non-hydrogen) atoms. The van der Waals surface area contributed by atoms with Gasteiger partial charge in [0.25, 0.3) is 6.36 Å². The Hall–Kier alpha value is -1.64. The summed E-state index contributed by atoms with van der Waals surface area (Å²) in [6, 6.07) is 11.3. The summed E-state index contributed by atoms with van der Waals surface area (Å²) in [5, 5.41) is 1.82. The van der Waals surface area contributed by atoms with E-state index in [1.54, 1.807) is 6.07 Å². The molecular weight excluding hydrogens is 258 g/mol. The molecule has 0 bridgehead atoms. The van der Waals surface area contributed by atoms with Crippen LogP contribution in [0.15, 0.2) is 36.4 Å². The maximum Gasteiger partial charge on any atom is 0.268 e. The van der Waals surface area contributed by atoms with Crippen LogP contribution >= 0.6 is 0 Å². The number of rotatable bonds is 3. The maximum absolute atomic E-state index is 13.5. The summed E-state index contributed by atoms with van der Waals surface area (Å²) in [6.07, 6.45) is -3.60. The molecule has 0 aliphatic heterocycles. The fourth-order valence-electron chi connectivity index (χ4n) is 2.24. The summed E-state index contributed by atoms with van der Waals surface area (Å²) < 4.78 is 31.5. The van der Waals surface area contributed by atoms with E-state index < -0.39 is 12.5 Å². The van der Waals surface area contributed by atoms with E-state index >= 15 is 0 Å². The van der Waals surface area contributed by atoms with Gasteiger partial charge in [-0.05, 0) is 29.4 Å². The third kappa shape index (κ3) is 2.92. The minimum Gasteiger partial charge on any atom is -0.457 e. The van der Waals surface area contributed by atoms with E-state index in [2.05, 4.69) is 20.8 Å². The first kappa shape index (κ1) is 14.8. The Bertz CT molecular complexity index is 599. The summed E-state index contributed by atoms with van der Waals surface area (Å²) in [4.78, 5) is 0. The van der Waals surface area contributed by atoms with Gasteiger partial charge in [0.05, 0.1) is 0 Å². The number of ether oxygens (including phenoxy) is 1. The topological polar surface area (TPSA) is 9.23 Å².